The molecule has 2 N–H and O–H groups in total. The van der Waals surface area contributed by atoms with E-state index in [1.807, 2.05) is 24.3 Å². The van der Waals surface area contributed by atoms with Gasteiger partial charge >= 0.3 is 6.03 Å². The zero-order valence-corrected chi connectivity index (χ0v) is 20.0. The number of carbonyl (C=O) groups is 3. The molecule has 5 rings (SSSR count). The molecular weight excluding hydrogens is 442 g/mol. The van der Waals surface area contributed by atoms with Crippen LogP contribution < -0.4 is 10.6 Å². The molecule has 8 nitrogen and oxygen atoms in total. The van der Waals surface area contributed by atoms with Crippen molar-refractivity contribution in [1.82, 2.24) is 20.0 Å². The number of amides is 4. The summed E-state index contributed by atoms with van der Waals surface area (Å²) in [4.78, 5) is 43.5. The fourth-order valence-electron chi connectivity index (χ4n) is 5.38. The van der Waals surface area contributed by atoms with Gasteiger partial charge in [-0.25, -0.2) is 4.79 Å². The van der Waals surface area contributed by atoms with Crippen LogP contribution in [0, 0.1) is 0 Å². The Balaban J connectivity index is 1.07. The smallest absolute Gasteiger partial charge is 0.325 e. The van der Waals surface area contributed by atoms with Gasteiger partial charge in [-0.3, -0.25) is 24.3 Å². The molecule has 0 aromatic heterocycles. The van der Waals surface area contributed by atoms with Gasteiger partial charge in [-0.05, 0) is 36.1 Å². The van der Waals surface area contributed by atoms with Crippen molar-refractivity contribution in [2.24, 2.45) is 0 Å². The van der Waals surface area contributed by atoms with Gasteiger partial charge in [0.15, 0.2) is 0 Å². The molecule has 3 fully saturated rings. The van der Waals surface area contributed by atoms with Crippen molar-refractivity contribution in [2.45, 2.75) is 44.3 Å². The van der Waals surface area contributed by atoms with Crippen molar-refractivity contribution in [1.29, 1.82) is 0 Å². The minimum Gasteiger partial charge on any atom is -0.325 e. The first-order valence-electron chi connectivity index (χ1n) is 12.5. The van der Waals surface area contributed by atoms with Gasteiger partial charge in [-0.15, -0.1) is 0 Å². The number of nitrogens with one attached hydrogen (secondary N) is 2. The van der Waals surface area contributed by atoms with Crippen LogP contribution >= 0.6 is 0 Å². The first-order valence-corrected chi connectivity index (χ1v) is 12.5. The third kappa shape index (κ3) is 5.39. The van der Waals surface area contributed by atoms with Crippen LogP contribution in [-0.4, -0.2) is 70.8 Å². The molecule has 2 heterocycles. The Bertz CT molecular complexity index is 1060. The lowest BCUT2D eigenvalue weighted by molar-refractivity contribution is -0.133. The zero-order chi connectivity index (χ0) is 24.3. The molecule has 4 amide bonds. The van der Waals surface area contributed by atoms with E-state index in [9.17, 15) is 14.4 Å². The van der Waals surface area contributed by atoms with E-state index < -0.39 is 11.6 Å². The zero-order valence-electron chi connectivity index (χ0n) is 20.0. The molecule has 3 aliphatic rings. The number of hydrogen-bond donors (Lipinski definition) is 2. The van der Waals surface area contributed by atoms with Crippen molar-refractivity contribution in [2.75, 3.05) is 38.0 Å². The average molecular weight is 476 g/mol. The van der Waals surface area contributed by atoms with E-state index in [0.717, 1.165) is 57.0 Å². The topological polar surface area (TPSA) is 85.0 Å². The third-order valence-corrected chi connectivity index (χ3v) is 7.36. The molecule has 2 aliphatic heterocycles. The minimum atomic E-state index is -0.786. The third-order valence-electron chi connectivity index (χ3n) is 7.36. The summed E-state index contributed by atoms with van der Waals surface area (Å²) in [6.45, 7) is 5.76. The highest BCUT2D eigenvalue weighted by Gasteiger charge is 2.52. The Labute approximate surface area is 206 Å². The van der Waals surface area contributed by atoms with Gasteiger partial charge in [-0.2, -0.15) is 0 Å². The highest BCUT2D eigenvalue weighted by molar-refractivity contribution is 6.10. The van der Waals surface area contributed by atoms with Gasteiger partial charge in [0.1, 0.15) is 12.1 Å². The number of benzene rings is 2. The minimum absolute atomic E-state index is 0.262. The van der Waals surface area contributed by atoms with Gasteiger partial charge in [0.25, 0.3) is 5.91 Å². The van der Waals surface area contributed by atoms with Crippen molar-refractivity contribution >= 4 is 23.5 Å². The van der Waals surface area contributed by atoms with E-state index in [4.69, 9.17) is 0 Å². The van der Waals surface area contributed by atoms with Crippen LogP contribution in [-0.2, 0) is 22.7 Å². The van der Waals surface area contributed by atoms with E-state index in [0.29, 0.717) is 18.5 Å². The number of piperazine rings is 1. The summed E-state index contributed by atoms with van der Waals surface area (Å²) < 4.78 is 0. The lowest BCUT2D eigenvalue weighted by Crippen LogP contribution is -2.45. The van der Waals surface area contributed by atoms with Crippen molar-refractivity contribution in [3.63, 3.8) is 0 Å². The van der Waals surface area contributed by atoms with Crippen LogP contribution in [0.2, 0.25) is 0 Å². The Morgan fingerprint density at radius 1 is 0.829 bits per heavy atom. The monoisotopic (exact) mass is 475 g/mol. The van der Waals surface area contributed by atoms with Gasteiger partial charge in [0.2, 0.25) is 5.91 Å². The summed E-state index contributed by atoms with van der Waals surface area (Å²) in [6, 6.07) is 17.9. The normalized spacial score (nSPS) is 20.4. The lowest BCUT2D eigenvalue weighted by atomic mass is 9.98. The fourth-order valence-corrected chi connectivity index (χ4v) is 5.38. The SMILES string of the molecule is O=C(CN1C(=O)NC2(CCCC2)C1=O)Nc1ccc(CN2CCN(Cc3ccccc3)CC2)cc1. The van der Waals surface area contributed by atoms with E-state index in [1.165, 1.54) is 11.1 Å². The second kappa shape index (κ2) is 10.2. The van der Waals surface area contributed by atoms with Crippen molar-refractivity contribution in [3.8, 4) is 0 Å². The average Bonchev–Trinajstić information content (AvgIpc) is 3.42. The molecule has 0 atom stereocenters. The Hall–Kier alpha value is -3.23. The van der Waals surface area contributed by atoms with E-state index in [2.05, 4.69) is 50.8 Å². The molecule has 184 valence electrons. The highest BCUT2D eigenvalue weighted by Crippen LogP contribution is 2.34. The molecule has 2 aromatic carbocycles. The molecule has 8 heteroatoms. The largest absolute Gasteiger partial charge is 0.325 e. The molecule has 0 unspecified atom stereocenters. The number of imide groups is 1. The predicted octanol–water partition coefficient (Wildman–Crippen LogP) is 2.81. The highest BCUT2D eigenvalue weighted by atomic mass is 16.2. The van der Waals surface area contributed by atoms with E-state index >= 15 is 0 Å². The summed E-state index contributed by atoms with van der Waals surface area (Å²) in [5, 5.41) is 5.62. The Morgan fingerprint density at radius 3 is 2.00 bits per heavy atom. The van der Waals surface area contributed by atoms with Crippen molar-refractivity contribution in [3.05, 3.63) is 65.7 Å². The van der Waals surface area contributed by atoms with Crippen LogP contribution in [0.5, 0.6) is 0 Å². The predicted molar refractivity (Wildman–Crippen MR) is 134 cm³/mol. The van der Waals surface area contributed by atoms with Crippen LogP contribution in [0.1, 0.15) is 36.8 Å². The number of anilines is 1. The molecule has 2 saturated heterocycles. The molecule has 35 heavy (non-hydrogen) atoms. The number of hydrogen-bond acceptors (Lipinski definition) is 5. The summed E-state index contributed by atoms with van der Waals surface area (Å²) >= 11 is 0. The number of urea groups is 1. The molecule has 0 radical (unpaired) electrons. The molecule has 1 aliphatic carbocycles. The van der Waals surface area contributed by atoms with E-state index in [-0.39, 0.29) is 18.4 Å². The number of nitrogens with zero attached hydrogens (tertiary/aromatic N) is 3. The Kier molecular flexibility index (Phi) is 6.83. The molecular formula is C27H33N5O3. The maximum absolute atomic E-state index is 12.7. The summed E-state index contributed by atoms with van der Waals surface area (Å²) in [6.07, 6.45) is 3.14. The van der Waals surface area contributed by atoms with Gasteiger partial charge < -0.3 is 10.6 Å². The quantitative estimate of drug-likeness (QED) is 0.602. The van der Waals surface area contributed by atoms with Crippen LogP contribution in [0.15, 0.2) is 54.6 Å². The number of rotatable bonds is 7. The second-order valence-electron chi connectivity index (χ2n) is 9.89. The molecule has 2 aromatic rings. The van der Waals surface area contributed by atoms with Gasteiger partial charge in [0, 0.05) is 45.0 Å². The van der Waals surface area contributed by atoms with Gasteiger partial charge in [0.05, 0.1) is 0 Å². The summed E-state index contributed by atoms with van der Waals surface area (Å²) in [5.41, 5.74) is 2.42. The Morgan fingerprint density at radius 2 is 1.40 bits per heavy atom. The maximum atomic E-state index is 12.7. The van der Waals surface area contributed by atoms with Gasteiger partial charge in [-0.1, -0.05) is 55.3 Å². The van der Waals surface area contributed by atoms with Crippen LogP contribution in [0.3, 0.4) is 0 Å². The fraction of sp³-hybridized carbons (Fsp3) is 0.444. The van der Waals surface area contributed by atoms with Crippen molar-refractivity contribution < 1.29 is 14.4 Å². The molecule has 0 bridgehead atoms. The lowest BCUT2D eigenvalue weighted by Gasteiger charge is -2.34. The summed E-state index contributed by atoms with van der Waals surface area (Å²) in [7, 11) is 0. The first kappa shape index (κ1) is 23.5. The number of carbonyl (C=O) groups excluding carboxylic acids is 3. The van der Waals surface area contributed by atoms with Crippen LogP contribution in [0.4, 0.5) is 10.5 Å². The van der Waals surface area contributed by atoms with E-state index in [1.54, 1.807) is 0 Å². The summed E-state index contributed by atoms with van der Waals surface area (Å²) in [5.74, 6) is -0.639. The van der Waals surface area contributed by atoms with Crippen LogP contribution in [0.25, 0.3) is 0 Å². The standard InChI is InChI=1S/C27H33N5O3/c33-24(20-32-25(34)27(29-26(32)35)12-4-5-13-27)28-23-10-8-22(9-11-23)19-31-16-14-30(15-17-31)18-21-6-2-1-3-7-21/h1-3,6-11H,4-5,12-20H2,(H,28,33)(H,29,35). The second-order valence-corrected chi connectivity index (χ2v) is 9.89. The maximum Gasteiger partial charge on any atom is 0.325 e. The molecule has 1 saturated carbocycles. The molecule has 1 spiro atoms. The first-order chi connectivity index (χ1) is 17.0.